The molecule has 2 aromatic carbocycles. The lowest BCUT2D eigenvalue weighted by molar-refractivity contribution is -0.137. The molecule has 0 spiro atoms. The summed E-state index contributed by atoms with van der Waals surface area (Å²) in [5.41, 5.74) is 10.8. The summed E-state index contributed by atoms with van der Waals surface area (Å²) in [5.74, 6) is -1.02. The van der Waals surface area contributed by atoms with Gasteiger partial charge >= 0.3 is 5.97 Å². The van der Waals surface area contributed by atoms with E-state index in [0.29, 0.717) is 12.1 Å². The number of hydrogen-bond acceptors (Lipinski definition) is 4. The quantitative estimate of drug-likeness (QED) is 0.576. The molecule has 7 heteroatoms. The Hall–Kier alpha value is -2.64. The van der Waals surface area contributed by atoms with Crippen LogP contribution in [-0.4, -0.2) is 24.1 Å². The zero-order valence-corrected chi connectivity index (χ0v) is 15.2. The second kappa shape index (κ2) is 7.31. The van der Waals surface area contributed by atoms with E-state index in [9.17, 15) is 18.3 Å². The summed E-state index contributed by atoms with van der Waals surface area (Å²) in [6.45, 7) is 2.15. The lowest BCUT2D eigenvalue weighted by Crippen LogP contribution is -2.10. The number of rotatable bonds is 6. The van der Waals surface area contributed by atoms with Gasteiger partial charge in [-0.1, -0.05) is 36.4 Å². The smallest absolute Gasteiger partial charge is 0.323 e. The Kier molecular flexibility index (Phi) is 5.11. The molecule has 0 aliphatic carbocycles. The number of carboxylic acids is 1. The van der Waals surface area contributed by atoms with E-state index >= 15 is 0 Å². The van der Waals surface area contributed by atoms with Gasteiger partial charge in [-0.05, 0) is 29.7 Å². The van der Waals surface area contributed by atoms with Crippen LogP contribution in [0.25, 0.3) is 22.0 Å². The molecule has 3 rings (SSSR count). The van der Waals surface area contributed by atoms with Crippen LogP contribution in [0.5, 0.6) is 0 Å². The van der Waals surface area contributed by atoms with Gasteiger partial charge in [0.05, 0.1) is 5.75 Å². The van der Waals surface area contributed by atoms with Crippen molar-refractivity contribution < 1.29 is 18.3 Å². The molecule has 0 fully saturated rings. The fourth-order valence-electron chi connectivity index (χ4n) is 3.28. The highest BCUT2D eigenvalue weighted by molar-refractivity contribution is 7.71. The minimum Gasteiger partial charge on any atom is -0.480 e. The first kappa shape index (κ1) is 18.2. The summed E-state index contributed by atoms with van der Waals surface area (Å²) < 4.78 is 23.8. The van der Waals surface area contributed by atoms with Gasteiger partial charge in [0, 0.05) is 28.7 Å². The monoisotopic (exact) mass is 372 g/mol. The number of aliphatic carboxylic acids is 1. The summed E-state index contributed by atoms with van der Waals surface area (Å²) in [7, 11) is -2.55. The van der Waals surface area contributed by atoms with Gasteiger partial charge in [-0.3, -0.25) is 4.79 Å². The van der Waals surface area contributed by atoms with Crippen molar-refractivity contribution in [2.45, 2.75) is 25.8 Å². The second-order valence-corrected chi connectivity index (χ2v) is 7.17. The third-order valence-corrected chi connectivity index (χ3v) is 5.10. The van der Waals surface area contributed by atoms with Crippen molar-refractivity contribution in [3.05, 3.63) is 59.3 Å². The molecule has 0 saturated heterocycles. The maximum absolute atomic E-state index is 11.3. The van der Waals surface area contributed by atoms with Crippen molar-refractivity contribution in [1.82, 2.24) is 4.57 Å². The number of aromatic nitrogens is 1. The van der Waals surface area contributed by atoms with E-state index in [-0.39, 0.29) is 12.3 Å². The van der Waals surface area contributed by atoms with Crippen molar-refractivity contribution in [2.24, 2.45) is 5.73 Å². The van der Waals surface area contributed by atoms with Crippen molar-refractivity contribution in [3.63, 3.8) is 0 Å². The molecule has 0 amide bonds. The predicted molar refractivity (Wildman–Crippen MR) is 102 cm³/mol. The molecule has 6 nitrogen and oxygen atoms in total. The van der Waals surface area contributed by atoms with Crippen LogP contribution in [0, 0.1) is 6.92 Å². The first-order chi connectivity index (χ1) is 12.4. The van der Waals surface area contributed by atoms with Crippen LogP contribution >= 0.6 is 0 Å². The number of nitrogens with two attached hydrogens (primary N) is 1. The Morgan fingerprint density at radius 1 is 1.12 bits per heavy atom. The molecule has 0 atom stereocenters. The number of thiol groups is 1. The van der Waals surface area contributed by atoms with Crippen LogP contribution in [0.15, 0.2) is 42.5 Å². The van der Waals surface area contributed by atoms with Crippen LogP contribution in [0.4, 0.5) is 0 Å². The lowest BCUT2D eigenvalue weighted by Gasteiger charge is -2.06. The van der Waals surface area contributed by atoms with Crippen LogP contribution in [0.3, 0.4) is 0 Å². The molecule has 0 aliphatic rings. The number of nitrogens with zero attached hydrogens (tertiary/aromatic N) is 1. The average molecular weight is 372 g/mol. The standard InChI is InChI=1S/C19H20N2O4S/c1-12-19(15-5-2-13(9-20)3-6-15)16-7-4-14(11-26(24)25)8-17(16)21(12)10-18(22)23/h2-8,26H,9-11,20H2,1H3,(H,22,23). The van der Waals surface area contributed by atoms with Crippen LogP contribution < -0.4 is 5.73 Å². The molecule has 0 aliphatic heterocycles. The lowest BCUT2D eigenvalue weighted by atomic mass is 10.0. The predicted octanol–water partition coefficient (Wildman–Crippen LogP) is 2.27. The fraction of sp³-hybridized carbons (Fsp3) is 0.211. The SMILES string of the molecule is Cc1c(-c2ccc(CN)cc2)c2ccc(C[SH](=O)=O)cc2n1CC(=O)O. The first-order valence-corrected chi connectivity index (χ1v) is 9.51. The van der Waals surface area contributed by atoms with E-state index in [4.69, 9.17) is 5.73 Å². The zero-order valence-electron chi connectivity index (χ0n) is 14.3. The van der Waals surface area contributed by atoms with Gasteiger partial charge in [-0.2, -0.15) is 0 Å². The average Bonchev–Trinajstić information content (AvgIpc) is 2.86. The van der Waals surface area contributed by atoms with Gasteiger partial charge in [0.15, 0.2) is 0 Å². The highest BCUT2D eigenvalue weighted by Crippen LogP contribution is 2.35. The second-order valence-electron chi connectivity index (χ2n) is 6.18. The Bertz CT molecular complexity index is 1040. The van der Waals surface area contributed by atoms with E-state index in [0.717, 1.165) is 33.3 Å². The minimum atomic E-state index is -2.55. The zero-order chi connectivity index (χ0) is 18.8. The maximum Gasteiger partial charge on any atom is 0.323 e. The van der Waals surface area contributed by atoms with Gasteiger partial charge in [0.2, 0.25) is 0 Å². The van der Waals surface area contributed by atoms with E-state index in [1.54, 1.807) is 16.7 Å². The van der Waals surface area contributed by atoms with Gasteiger partial charge in [0.1, 0.15) is 17.2 Å². The molecule has 0 radical (unpaired) electrons. The van der Waals surface area contributed by atoms with Crippen LogP contribution in [0.2, 0.25) is 0 Å². The molecule has 3 N–H and O–H groups in total. The molecular formula is C19H20N2O4S. The summed E-state index contributed by atoms with van der Waals surface area (Å²) in [4.78, 5) is 11.3. The largest absolute Gasteiger partial charge is 0.480 e. The summed E-state index contributed by atoms with van der Waals surface area (Å²) in [6, 6.07) is 13.2. The van der Waals surface area contributed by atoms with Crippen molar-refractivity contribution in [2.75, 3.05) is 0 Å². The Labute approximate surface area is 152 Å². The van der Waals surface area contributed by atoms with E-state index in [1.807, 2.05) is 37.3 Å². The Morgan fingerprint density at radius 2 is 1.77 bits per heavy atom. The molecule has 1 heterocycles. The molecule has 0 unspecified atom stereocenters. The Balaban J connectivity index is 2.24. The normalized spacial score (nSPS) is 11.3. The third-order valence-electron chi connectivity index (χ3n) is 4.47. The molecule has 1 aromatic heterocycles. The molecule has 0 bridgehead atoms. The van der Waals surface area contributed by atoms with Crippen molar-refractivity contribution in [3.8, 4) is 11.1 Å². The number of hydrogen-bond donors (Lipinski definition) is 3. The first-order valence-electron chi connectivity index (χ1n) is 8.15. The maximum atomic E-state index is 11.3. The number of benzene rings is 2. The van der Waals surface area contributed by atoms with E-state index in [2.05, 4.69) is 0 Å². The molecule has 3 aromatic rings. The van der Waals surface area contributed by atoms with Crippen molar-refractivity contribution in [1.29, 1.82) is 0 Å². The van der Waals surface area contributed by atoms with Gasteiger partial charge in [0.25, 0.3) is 0 Å². The van der Waals surface area contributed by atoms with Gasteiger partial charge in [-0.25, -0.2) is 8.42 Å². The highest BCUT2D eigenvalue weighted by Gasteiger charge is 2.17. The number of fused-ring (bicyclic) bond motifs is 1. The number of carbonyl (C=O) groups is 1. The molecule has 0 saturated carbocycles. The molecule has 26 heavy (non-hydrogen) atoms. The third kappa shape index (κ3) is 3.49. The molecule has 136 valence electrons. The van der Waals surface area contributed by atoms with Crippen molar-refractivity contribution >= 4 is 27.6 Å². The van der Waals surface area contributed by atoms with Gasteiger partial charge < -0.3 is 15.4 Å². The minimum absolute atomic E-state index is 0.0664. The summed E-state index contributed by atoms with van der Waals surface area (Å²) in [5, 5.41) is 10.2. The molecular weight excluding hydrogens is 352 g/mol. The topological polar surface area (TPSA) is 102 Å². The Morgan fingerprint density at radius 3 is 2.35 bits per heavy atom. The number of carboxylic acid groups (broad SMARTS) is 1. The van der Waals surface area contributed by atoms with E-state index in [1.165, 1.54) is 0 Å². The fourth-order valence-corrected chi connectivity index (χ4v) is 3.78. The highest BCUT2D eigenvalue weighted by atomic mass is 32.2. The van der Waals surface area contributed by atoms with Crippen LogP contribution in [0.1, 0.15) is 16.8 Å². The van der Waals surface area contributed by atoms with Gasteiger partial charge in [-0.15, -0.1) is 0 Å². The summed E-state index contributed by atoms with van der Waals surface area (Å²) >= 11 is 0. The summed E-state index contributed by atoms with van der Waals surface area (Å²) in [6.07, 6.45) is 0. The van der Waals surface area contributed by atoms with Crippen LogP contribution in [-0.2, 0) is 34.3 Å². The van der Waals surface area contributed by atoms with E-state index < -0.39 is 16.7 Å².